The number of ether oxygens (including phenoxy) is 1. The average molecular weight is 594 g/mol. The molecule has 10 atom stereocenters. The van der Waals surface area contributed by atoms with Crippen molar-refractivity contribution >= 4 is 21.9 Å². The monoisotopic (exact) mass is 593 g/mol. The number of fused-ring (bicyclic) bond motifs is 5. The molecule has 4 saturated carbocycles. The zero-order valence-corrected chi connectivity index (χ0v) is 26.9. The molecule has 4 aliphatic carbocycles. The van der Waals surface area contributed by atoms with E-state index in [4.69, 9.17) is 4.74 Å². The molecule has 4 rings (SSSR count). The molecule has 41 heavy (non-hydrogen) atoms. The fraction of sp³-hybridized carbons (Fsp3) is 0.812. The Morgan fingerprint density at radius 1 is 1.05 bits per heavy atom. The molecule has 0 radical (unpaired) electrons. The number of sulfonamides is 1. The van der Waals surface area contributed by atoms with Gasteiger partial charge in [-0.25, -0.2) is 13.1 Å². The van der Waals surface area contributed by atoms with E-state index in [1.165, 1.54) is 6.92 Å². The largest absolute Gasteiger partial charge is 0.458 e. The van der Waals surface area contributed by atoms with Gasteiger partial charge in [-0.15, -0.1) is 0 Å². The molecule has 0 aliphatic heterocycles. The number of allylic oxidation sites excluding steroid dienone is 2. The first-order valence-electron chi connectivity index (χ1n) is 15.3. The summed E-state index contributed by atoms with van der Waals surface area (Å²) < 4.78 is 32.4. The van der Waals surface area contributed by atoms with Crippen molar-refractivity contribution in [3.05, 3.63) is 22.8 Å². The molecule has 1 amide bonds. The highest BCUT2D eigenvalue weighted by Crippen LogP contribution is 2.74. The Hall–Kier alpha value is -1.71. The normalized spacial score (nSPS) is 43.2. The van der Waals surface area contributed by atoms with Crippen molar-refractivity contribution in [2.75, 3.05) is 6.26 Å². The highest BCUT2D eigenvalue weighted by Gasteiger charge is 2.70. The van der Waals surface area contributed by atoms with E-state index in [0.717, 1.165) is 37.5 Å². The summed E-state index contributed by atoms with van der Waals surface area (Å²) in [5.41, 5.74) is 1.24. The molecule has 9 heteroatoms. The van der Waals surface area contributed by atoms with Gasteiger partial charge in [-0.2, -0.15) is 0 Å². The molecule has 4 fully saturated rings. The van der Waals surface area contributed by atoms with Gasteiger partial charge in [0.1, 0.15) is 6.10 Å². The van der Waals surface area contributed by atoms with Crippen LogP contribution in [0.15, 0.2) is 22.8 Å². The first kappa shape index (κ1) is 32.2. The van der Waals surface area contributed by atoms with Crippen molar-refractivity contribution in [3.8, 4) is 0 Å². The maximum Gasteiger partial charge on any atom is 0.303 e. The van der Waals surface area contributed by atoms with Gasteiger partial charge in [0.25, 0.3) is 5.91 Å². The number of carbonyl (C=O) groups excluding carboxylic acids is 2. The SMILES string of the molecule is CC(=O)O[C@H]1C[C@@]2(C)[C@@H](C[C@@H](O)[C@H]3[C@@]4(C)CC[C@@H](O)[C@@H](C)[C@@H]4CC[C@@]32C)/C1=C(\CCC=C(C)C)C(=O)NS(C)(=O)=O. The van der Waals surface area contributed by atoms with E-state index in [0.29, 0.717) is 42.7 Å². The summed E-state index contributed by atoms with van der Waals surface area (Å²) in [4.78, 5) is 26.0. The van der Waals surface area contributed by atoms with Gasteiger partial charge in [0.15, 0.2) is 0 Å². The minimum atomic E-state index is -3.82. The molecule has 0 bridgehead atoms. The Morgan fingerprint density at radius 3 is 2.29 bits per heavy atom. The topological polar surface area (TPSA) is 130 Å². The van der Waals surface area contributed by atoms with Crippen molar-refractivity contribution in [2.45, 2.75) is 118 Å². The van der Waals surface area contributed by atoms with Gasteiger partial charge in [-0.05, 0) is 111 Å². The van der Waals surface area contributed by atoms with Crippen LogP contribution in [0.4, 0.5) is 0 Å². The average Bonchev–Trinajstić information content (AvgIpc) is 3.09. The maximum absolute atomic E-state index is 13.6. The lowest BCUT2D eigenvalue weighted by molar-refractivity contribution is -0.234. The molecule has 4 aliphatic rings. The fourth-order valence-corrected chi connectivity index (χ4v) is 10.5. The van der Waals surface area contributed by atoms with Crippen molar-refractivity contribution in [2.24, 2.45) is 39.9 Å². The Morgan fingerprint density at radius 2 is 1.71 bits per heavy atom. The molecular formula is C32H51NO7S. The summed E-state index contributed by atoms with van der Waals surface area (Å²) in [6.45, 7) is 14.2. The van der Waals surface area contributed by atoms with Gasteiger partial charge in [0.05, 0.1) is 18.5 Å². The minimum Gasteiger partial charge on any atom is -0.458 e. The van der Waals surface area contributed by atoms with E-state index in [-0.39, 0.29) is 34.7 Å². The number of esters is 1. The second-order valence-electron chi connectivity index (χ2n) is 14.5. The lowest BCUT2D eigenvalue weighted by Gasteiger charge is -2.69. The van der Waals surface area contributed by atoms with Crippen LogP contribution in [0.1, 0.15) is 99.8 Å². The highest BCUT2D eigenvalue weighted by molar-refractivity contribution is 7.89. The molecule has 8 nitrogen and oxygen atoms in total. The Bertz CT molecular complexity index is 1240. The van der Waals surface area contributed by atoms with E-state index in [2.05, 4.69) is 32.4 Å². The number of nitrogens with one attached hydrogen (secondary N) is 1. The Balaban J connectivity index is 1.87. The third kappa shape index (κ3) is 5.55. The number of carbonyl (C=O) groups is 2. The van der Waals surface area contributed by atoms with Gasteiger partial charge in [0, 0.05) is 12.5 Å². The zero-order valence-electron chi connectivity index (χ0n) is 26.1. The fourth-order valence-electron chi connectivity index (χ4n) is 10.0. The standard InChI is InChI=1S/C32H51NO7S/c1-18(2)10-9-11-21(29(37)33-41(8,38)39)27-23-16-25(36)28-30(5)14-13-24(35)19(3)22(30)12-15-31(28,6)32(23,7)17-26(27)40-20(4)34/h10,19,22-26,28,35-36H,9,11-17H2,1-8H3,(H,33,37)/b27-21-/t19-,22-,23-,24+,25+,26-,28-,30-,31-,32-/m0/s1. The first-order valence-corrected chi connectivity index (χ1v) is 17.2. The zero-order chi connectivity index (χ0) is 30.7. The lowest BCUT2D eigenvalue weighted by Crippen LogP contribution is -2.65. The summed E-state index contributed by atoms with van der Waals surface area (Å²) in [7, 11) is -3.82. The van der Waals surface area contributed by atoms with Crippen LogP contribution in [0, 0.1) is 39.9 Å². The van der Waals surface area contributed by atoms with Crippen molar-refractivity contribution in [1.29, 1.82) is 0 Å². The molecule has 0 aromatic heterocycles. The third-order valence-corrected chi connectivity index (χ3v) is 12.4. The maximum atomic E-state index is 13.6. The Kier molecular flexibility index (Phi) is 8.71. The lowest BCUT2D eigenvalue weighted by atomic mass is 9.36. The summed E-state index contributed by atoms with van der Waals surface area (Å²) in [5, 5.41) is 22.7. The molecule has 0 heterocycles. The quantitative estimate of drug-likeness (QED) is 0.232. The second-order valence-corrected chi connectivity index (χ2v) is 16.3. The molecule has 0 unspecified atom stereocenters. The van der Waals surface area contributed by atoms with Crippen LogP contribution in [0.3, 0.4) is 0 Å². The van der Waals surface area contributed by atoms with Crippen LogP contribution < -0.4 is 4.72 Å². The molecular weight excluding hydrogens is 542 g/mol. The van der Waals surface area contributed by atoms with Crippen LogP contribution in [0.5, 0.6) is 0 Å². The van der Waals surface area contributed by atoms with Crippen LogP contribution in [0.25, 0.3) is 0 Å². The molecule has 0 spiro atoms. The van der Waals surface area contributed by atoms with Crippen LogP contribution in [-0.2, 0) is 24.3 Å². The van der Waals surface area contributed by atoms with E-state index in [1.807, 2.05) is 19.9 Å². The van der Waals surface area contributed by atoms with E-state index < -0.39 is 39.5 Å². The predicted molar refractivity (Wildman–Crippen MR) is 158 cm³/mol. The third-order valence-electron chi connectivity index (χ3n) is 11.9. The van der Waals surface area contributed by atoms with Crippen molar-refractivity contribution in [3.63, 3.8) is 0 Å². The minimum absolute atomic E-state index is 0.0127. The smallest absolute Gasteiger partial charge is 0.303 e. The predicted octanol–water partition coefficient (Wildman–Crippen LogP) is 4.66. The summed E-state index contributed by atoms with van der Waals surface area (Å²) in [6, 6.07) is 0. The number of hydrogen-bond donors (Lipinski definition) is 3. The molecule has 0 saturated heterocycles. The summed E-state index contributed by atoms with van der Waals surface area (Å²) in [6.07, 6.45) is 6.48. The van der Waals surface area contributed by atoms with Gasteiger partial charge in [-0.1, -0.05) is 39.3 Å². The van der Waals surface area contributed by atoms with Crippen molar-refractivity contribution < 1.29 is 33.0 Å². The molecule has 232 valence electrons. The van der Waals surface area contributed by atoms with E-state index >= 15 is 0 Å². The van der Waals surface area contributed by atoms with Gasteiger partial charge in [0.2, 0.25) is 10.0 Å². The van der Waals surface area contributed by atoms with Crippen LogP contribution in [0.2, 0.25) is 0 Å². The Labute approximate surface area is 246 Å². The van der Waals surface area contributed by atoms with Crippen LogP contribution in [-0.4, -0.2) is 55.1 Å². The number of aliphatic hydroxyl groups is 2. The van der Waals surface area contributed by atoms with Gasteiger partial charge in [-0.3, -0.25) is 9.59 Å². The van der Waals surface area contributed by atoms with Crippen LogP contribution >= 0.6 is 0 Å². The van der Waals surface area contributed by atoms with E-state index in [9.17, 15) is 28.2 Å². The summed E-state index contributed by atoms with van der Waals surface area (Å²) >= 11 is 0. The first-order chi connectivity index (χ1) is 18.9. The van der Waals surface area contributed by atoms with Crippen molar-refractivity contribution in [1.82, 2.24) is 4.72 Å². The highest BCUT2D eigenvalue weighted by atomic mass is 32.2. The number of amides is 1. The number of rotatable bonds is 6. The number of aliphatic hydroxyl groups excluding tert-OH is 2. The molecule has 3 N–H and O–H groups in total. The summed E-state index contributed by atoms with van der Waals surface area (Å²) in [5.74, 6) is -0.929. The second kappa shape index (κ2) is 11.1. The molecule has 0 aromatic carbocycles. The van der Waals surface area contributed by atoms with Gasteiger partial charge >= 0.3 is 5.97 Å². The number of hydrogen-bond acceptors (Lipinski definition) is 7. The molecule has 0 aromatic rings. The van der Waals surface area contributed by atoms with E-state index in [1.54, 1.807) is 0 Å². The van der Waals surface area contributed by atoms with Gasteiger partial charge < -0.3 is 14.9 Å².